The summed E-state index contributed by atoms with van der Waals surface area (Å²) >= 11 is 0. The van der Waals surface area contributed by atoms with E-state index in [-0.39, 0.29) is 5.54 Å². The highest BCUT2D eigenvalue weighted by atomic mass is 15.2. The summed E-state index contributed by atoms with van der Waals surface area (Å²) in [5.74, 6) is 3.30. The number of nitrogens with one attached hydrogen (secondary N) is 4. The zero-order chi connectivity index (χ0) is 23.5. The van der Waals surface area contributed by atoms with Gasteiger partial charge in [0.25, 0.3) is 0 Å². The Balaban J connectivity index is 1.60. The predicted molar refractivity (Wildman–Crippen MR) is 141 cm³/mol. The summed E-state index contributed by atoms with van der Waals surface area (Å²) in [5.41, 5.74) is 1.02. The van der Waals surface area contributed by atoms with Crippen molar-refractivity contribution >= 4 is 0 Å². The van der Waals surface area contributed by atoms with Crippen molar-refractivity contribution in [3.63, 3.8) is 0 Å². The Morgan fingerprint density at radius 3 is 2.03 bits per heavy atom. The van der Waals surface area contributed by atoms with Gasteiger partial charge < -0.3 is 21.3 Å². The molecule has 33 heavy (non-hydrogen) atoms. The van der Waals surface area contributed by atoms with Crippen molar-refractivity contribution in [2.75, 3.05) is 65.4 Å². The quantitative estimate of drug-likeness (QED) is 0.424. The van der Waals surface area contributed by atoms with E-state index in [1.54, 1.807) is 0 Å². The van der Waals surface area contributed by atoms with Gasteiger partial charge in [-0.1, -0.05) is 20.8 Å². The molecule has 0 radical (unpaired) electrons. The summed E-state index contributed by atoms with van der Waals surface area (Å²) in [6.45, 7) is 25.2. The maximum Gasteiger partial charge on any atom is 0.0153 e. The van der Waals surface area contributed by atoms with E-state index in [9.17, 15) is 0 Å². The van der Waals surface area contributed by atoms with Crippen LogP contribution in [0.3, 0.4) is 0 Å². The van der Waals surface area contributed by atoms with Gasteiger partial charge in [-0.25, -0.2) is 0 Å². The largest absolute Gasteiger partial charge is 0.317 e. The molecule has 3 unspecified atom stereocenters. The number of rotatable bonds is 9. The van der Waals surface area contributed by atoms with Gasteiger partial charge in [0, 0.05) is 18.6 Å². The minimum Gasteiger partial charge on any atom is -0.317 e. The van der Waals surface area contributed by atoms with E-state index in [1.165, 1.54) is 97.4 Å². The third-order valence-corrected chi connectivity index (χ3v) is 11.1. The van der Waals surface area contributed by atoms with Gasteiger partial charge in [0.15, 0.2) is 0 Å². The van der Waals surface area contributed by atoms with Crippen LogP contribution >= 0.6 is 0 Å². The molecule has 5 nitrogen and oxygen atoms in total. The molecule has 0 bridgehead atoms. The Morgan fingerprint density at radius 1 is 0.727 bits per heavy atom. The highest BCUT2D eigenvalue weighted by Crippen LogP contribution is 2.60. The van der Waals surface area contributed by atoms with E-state index < -0.39 is 0 Å². The van der Waals surface area contributed by atoms with E-state index in [2.05, 4.69) is 60.8 Å². The fourth-order valence-corrected chi connectivity index (χ4v) is 8.10. The average Bonchev–Trinajstić information content (AvgIpc) is 3.15. The van der Waals surface area contributed by atoms with Crippen LogP contribution in [0.2, 0.25) is 0 Å². The van der Waals surface area contributed by atoms with Crippen molar-refractivity contribution in [3.8, 4) is 0 Å². The van der Waals surface area contributed by atoms with Crippen LogP contribution in [0.25, 0.3) is 0 Å². The van der Waals surface area contributed by atoms with Crippen molar-refractivity contribution in [1.82, 2.24) is 26.2 Å². The summed E-state index contributed by atoms with van der Waals surface area (Å²) in [6, 6.07) is 0. The van der Waals surface area contributed by atoms with Crippen LogP contribution in [0, 0.1) is 34.5 Å². The van der Waals surface area contributed by atoms with Gasteiger partial charge in [-0.05, 0) is 139 Å². The maximum atomic E-state index is 3.77. The second kappa shape index (κ2) is 10.8. The lowest BCUT2D eigenvalue weighted by Crippen LogP contribution is -2.61. The molecule has 0 aliphatic carbocycles. The SMILES string of the molecule is CC(C)(CCC(C1CCNCC1)C(C)(C1CCNC1)C(C)(C)C1CNC1)N1CCCNCC1. The van der Waals surface area contributed by atoms with Crippen LogP contribution in [0.5, 0.6) is 0 Å². The Kier molecular flexibility index (Phi) is 8.49. The summed E-state index contributed by atoms with van der Waals surface area (Å²) in [4.78, 5) is 2.79. The number of piperidine rings is 1. The molecule has 4 rings (SSSR count). The molecular weight excluding hydrogens is 406 g/mol. The van der Waals surface area contributed by atoms with Gasteiger partial charge in [-0.15, -0.1) is 0 Å². The van der Waals surface area contributed by atoms with E-state index >= 15 is 0 Å². The summed E-state index contributed by atoms with van der Waals surface area (Å²) in [5, 5.41) is 14.7. The Hall–Kier alpha value is -0.200. The zero-order valence-corrected chi connectivity index (χ0v) is 22.6. The predicted octanol–water partition coefficient (Wildman–Crippen LogP) is 3.32. The normalized spacial score (nSPS) is 29.9. The molecule has 3 atom stereocenters. The average molecular weight is 462 g/mol. The second-order valence-corrected chi connectivity index (χ2v) is 13.2. The third-order valence-electron chi connectivity index (χ3n) is 11.1. The van der Waals surface area contributed by atoms with Gasteiger partial charge in [0.1, 0.15) is 0 Å². The Morgan fingerprint density at radius 2 is 1.39 bits per heavy atom. The van der Waals surface area contributed by atoms with Crippen LogP contribution in [0.4, 0.5) is 0 Å². The smallest absolute Gasteiger partial charge is 0.0153 e. The number of hydrogen-bond donors (Lipinski definition) is 4. The first-order valence-corrected chi connectivity index (χ1v) is 14.3. The summed E-state index contributed by atoms with van der Waals surface area (Å²) < 4.78 is 0. The van der Waals surface area contributed by atoms with Gasteiger partial charge in [-0.2, -0.15) is 0 Å². The first-order valence-electron chi connectivity index (χ1n) is 14.3. The molecule has 0 amide bonds. The molecule has 4 fully saturated rings. The zero-order valence-electron chi connectivity index (χ0n) is 22.6. The minimum absolute atomic E-state index is 0.286. The van der Waals surface area contributed by atoms with Crippen molar-refractivity contribution < 1.29 is 0 Å². The molecule has 5 heteroatoms. The standard InChI is InChI=1S/C28H55N5/c1-26(2,33-17-6-12-29-16-18-33)11-7-25(22-8-13-30-14-9-22)28(5,23-10-15-31-19-23)27(3,4)24-20-32-21-24/h22-25,29-32H,6-21H2,1-5H3. The van der Waals surface area contributed by atoms with Gasteiger partial charge in [-0.3, -0.25) is 4.90 Å². The molecule has 4 aliphatic rings. The third kappa shape index (κ3) is 5.33. The molecule has 4 N–H and O–H groups in total. The van der Waals surface area contributed by atoms with Gasteiger partial charge >= 0.3 is 0 Å². The van der Waals surface area contributed by atoms with Crippen molar-refractivity contribution in [2.45, 2.75) is 78.7 Å². The van der Waals surface area contributed by atoms with E-state index in [1.807, 2.05) is 0 Å². The molecule has 4 heterocycles. The Bertz CT molecular complexity index is 595. The van der Waals surface area contributed by atoms with Crippen molar-refractivity contribution in [1.29, 1.82) is 0 Å². The van der Waals surface area contributed by atoms with Crippen LogP contribution in [0.1, 0.15) is 73.1 Å². The molecule has 4 aliphatic heterocycles. The maximum absolute atomic E-state index is 3.77. The molecule has 192 valence electrons. The molecule has 0 aromatic rings. The van der Waals surface area contributed by atoms with Crippen LogP contribution in [-0.4, -0.2) is 75.9 Å². The fourth-order valence-electron chi connectivity index (χ4n) is 8.10. The fraction of sp³-hybridized carbons (Fsp3) is 1.00. The van der Waals surface area contributed by atoms with E-state index in [0.717, 1.165) is 30.2 Å². The number of hydrogen-bond acceptors (Lipinski definition) is 5. The molecule has 0 aromatic heterocycles. The molecule has 0 aromatic carbocycles. The first-order chi connectivity index (χ1) is 15.8. The highest BCUT2D eigenvalue weighted by Gasteiger charge is 2.57. The monoisotopic (exact) mass is 461 g/mol. The number of nitrogens with zero attached hydrogens (tertiary/aromatic N) is 1. The first kappa shape index (κ1) is 25.9. The summed E-state index contributed by atoms with van der Waals surface area (Å²) in [7, 11) is 0. The molecule has 0 spiro atoms. The molecular formula is C28H55N5. The van der Waals surface area contributed by atoms with Crippen LogP contribution in [0.15, 0.2) is 0 Å². The lowest BCUT2D eigenvalue weighted by Gasteiger charge is -2.60. The highest BCUT2D eigenvalue weighted by molar-refractivity contribution is 5.07. The lowest BCUT2D eigenvalue weighted by molar-refractivity contribution is -0.110. The summed E-state index contributed by atoms with van der Waals surface area (Å²) in [6.07, 6.45) is 8.10. The Labute approximate surface area is 205 Å². The van der Waals surface area contributed by atoms with Crippen LogP contribution < -0.4 is 21.3 Å². The molecule has 0 saturated carbocycles. The topological polar surface area (TPSA) is 51.4 Å². The molecule has 4 saturated heterocycles. The van der Waals surface area contributed by atoms with E-state index in [0.29, 0.717) is 10.8 Å². The second-order valence-electron chi connectivity index (χ2n) is 13.2. The minimum atomic E-state index is 0.286. The van der Waals surface area contributed by atoms with E-state index in [4.69, 9.17) is 0 Å². The lowest BCUT2D eigenvalue weighted by atomic mass is 9.46. The van der Waals surface area contributed by atoms with Gasteiger partial charge in [0.05, 0.1) is 0 Å². The van der Waals surface area contributed by atoms with Crippen molar-refractivity contribution in [3.05, 3.63) is 0 Å². The van der Waals surface area contributed by atoms with Gasteiger partial charge in [0.2, 0.25) is 0 Å². The van der Waals surface area contributed by atoms with Crippen LogP contribution in [-0.2, 0) is 0 Å². The van der Waals surface area contributed by atoms with Crippen molar-refractivity contribution in [2.24, 2.45) is 34.5 Å².